The van der Waals surface area contributed by atoms with Gasteiger partial charge in [0.1, 0.15) is 17.0 Å². The summed E-state index contributed by atoms with van der Waals surface area (Å²) in [6.45, 7) is 0.770. The van der Waals surface area contributed by atoms with Crippen molar-refractivity contribution in [2.24, 2.45) is 5.41 Å². The standard InChI is InChI=1S/C24H25F2N3O3S/c1-33(31,32)28-16-6-5-12-29(13-11-16)23(30)24(15-27)14-19(24)17-7-2-3-8-18(17)22-20(25)9-4-10-21(22)26/h2-4,7-10,16,19,28H,5-6,11-14H2,1H3. The number of carbonyl (C=O) groups is 1. The molecule has 4 rings (SSSR count). The fourth-order valence-corrected chi connectivity index (χ4v) is 5.67. The van der Waals surface area contributed by atoms with Crippen molar-refractivity contribution in [3.8, 4) is 17.2 Å². The number of nitrogens with one attached hydrogen (secondary N) is 1. The number of likely N-dealkylation sites (tertiary alicyclic amines) is 1. The summed E-state index contributed by atoms with van der Waals surface area (Å²) < 4.78 is 54.7. The Morgan fingerprint density at radius 1 is 1.12 bits per heavy atom. The molecule has 1 heterocycles. The maximum absolute atomic E-state index is 14.5. The van der Waals surface area contributed by atoms with Gasteiger partial charge in [-0.15, -0.1) is 0 Å². The molecule has 1 aliphatic heterocycles. The minimum absolute atomic E-state index is 0.163. The summed E-state index contributed by atoms with van der Waals surface area (Å²) in [5.74, 6) is -2.18. The van der Waals surface area contributed by atoms with E-state index >= 15 is 0 Å². The Labute approximate surface area is 192 Å². The molecule has 2 aliphatic rings. The fourth-order valence-electron chi connectivity index (χ4n) is 4.83. The Bertz CT molecular complexity index is 1210. The Morgan fingerprint density at radius 3 is 2.48 bits per heavy atom. The predicted octanol–water partition coefficient (Wildman–Crippen LogP) is 3.56. The van der Waals surface area contributed by atoms with Gasteiger partial charge in [0, 0.05) is 25.0 Å². The van der Waals surface area contributed by atoms with Gasteiger partial charge in [-0.2, -0.15) is 5.26 Å². The molecule has 1 N–H and O–H groups in total. The van der Waals surface area contributed by atoms with Crippen LogP contribution in [0, 0.1) is 28.4 Å². The van der Waals surface area contributed by atoms with Crippen LogP contribution >= 0.6 is 0 Å². The van der Waals surface area contributed by atoms with Gasteiger partial charge in [0.05, 0.1) is 17.9 Å². The zero-order chi connectivity index (χ0) is 23.8. The van der Waals surface area contributed by atoms with Crippen molar-refractivity contribution < 1.29 is 22.0 Å². The highest BCUT2D eigenvalue weighted by atomic mass is 32.2. The van der Waals surface area contributed by atoms with E-state index in [0.29, 0.717) is 43.5 Å². The second-order valence-electron chi connectivity index (χ2n) is 8.83. The van der Waals surface area contributed by atoms with Crippen molar-refractivity contribution in [2.75, 3.05) is 19.3 Å². The zero-order valence-electron chi connectivity index (χ0n) is 18.2. The number of rotatable bonds is 5. The molecule has 3 atom stereocenters. The first-order valence-corrected chi connectivity index (χ1v) is 12.8. The molecule has 1 amide bonds. The van der Waals surface area contributed by atoms with Crippen molar-refractivity contribution in [3.63, 3.8) is 0 Å². The second-order valence-corrected chi connectivity index (χ2v) is 10.6. The van der Waals surface area contributed by atoms with Crippen LogP contribution in [0.2, 0.25) is 0 Å². The van der Waals surface area contributed by atoms with Gasteiger partial charge in [-0.05, 0) is 48.9 Å². The first-order valence-electron chi connectivity index (χ1n) is 10.9. The Balaban J connectivity index is 1.58. The van der Waals surface area contributed by atoms with Crippen LogP contribution in [0.3, 0.4) is 0 Å². The lowest BCUT2D eigenvalue weighted by Crippen LogP contribution is -2.39. The molecule has 0 radical (unpaired) electrons. The lowest BCUT2D eigenvalue weighted by Gasteiger charge is -2.24. The molecule has 174 valence electrons. The van der Waals surface area contributed by atoms with Gasteiger partial charge in [-0.1, -0.05) is 30.3 Å². The summed E-state index contributed by atoms with van der Waals surface area (Å²) in [6.07, 6.45) is 3.06. The average Bonchev–Trinajstić information content (AvgIpc) is 3.53. The number of benzene rings is 2. The largest absolute Gasteiger partial charge is 0.341 e. The van der Waals surface area contributed by atoms with E-state index in [4.69, 9.17) is 0 Å². The van der Waals surface area contributed by atoms with E-state index in [9.17, 15) is 27.3 Å². The van der Waals surface area contributed by atoms with Crippen molar-refractivity contribution in [2.45, 2.75) is 37.6 Å². The van der Waals surface area contributed by atoms with Gasteiger partial charge in [-0.3, -0.25) is 4.79 Å². The maximum atomic E-state index is 14.5. The van der Waals surface area contributed by atoms with Crippen LogP contribution in [0.25, 0.3) is 11.1 Å². The van der Waals surface area contributed by atoms with Crippen LogP contribution in [-0.2, 0) is 14.8 Å². The highest BCUT2D eigenvalue weighted by Crippen LogP contribution is 2.61. The van der Waals surface area contributed by atoms with E-state index in [1.165, 1.54) is 18.2 Å². The molecule has 1 saturated carbocycles. The van der Waals surface area contributed by atoms with Crippen LogP contribution in [0.5, 0.6) is 0 Å². The first kappa shape index (κ1) is 23.3. The molecular weight excluding hydrogens is 448 g/mol. The first-order chi connectivity index (χ1) is 15.7. The van der Waals surface area contributed by atoms with Crippen LogP contribution in [0.4, 0.5) is 8.78 Å². The molecule has 2 aromatic carbocycles. The van der Waals surface area contributed by atoms with Crippen LogP contribution < -0.4 is 4.72 Å². The van der Waals surface area contributed by atoms with Crippen molar-refractivity contribution in [3.05, 3.63) is 59.7 Å². The molecule has 1 aliphatic carbocycles. The third-order valence-electron chi connectivity index (χ3n) is 6.51. The molecule has 33 heavy (non-hydrogen) atoms. The Morgan fingerprint density at radius 2 is 1.82 bits per heavy atom. The summed E-state index contributed by atoms with van der Waals surface area (Å²) >= 11 is 0. The lowest BCUT2D eigenvalue weighted by molar-refractivity contribution is -0.135. The van der Waals surface area contributed by atoms with Gasteiger partial charge in [0.15, 0.2) is 0 Å². The third-order valence-corrected chi connectivity index (χ3v) is 7.27. The normalized spacial score (nSPS) is 25.2. The summed E-state index contributed by atoms with van der Waals surface area (Å²) in [5, 5.41) is 10.00. The molecule has 0 bridgehead atoms. The van der Waals surface area contributed by atoms with Gasteiger partial charge in [0.2, 0.25) is 15.9 Å². The van der Waals surface area contributed by atoms with Gasteiger partial charge < -0.3 is 4.90 Å². The molecule has 2 aromatic rings. The van der Waals surface area contributed by atoms with E-state index in [2.05, 4.69) is 10.8 Å². The molecule has 2 fully saturated rings. The summed E-state index contributed by atoms with van der Waals surface area (Å²) in [5.41, 5.74) is -0.537. The number of hydrogen-bond acceptors (Lipinski definition) is 4. The quantitative estimate of drug-likeness (QED) is 0.719. The monoisotopic (exact) mass is 473 g/mol. The highest BCUT2D eigenvalue weighted by Gasteiger charge is 2.63. The average molecular weight is 474 g/mol. The number of nitriles is 1. The van der Waals surface area contributed by atoms with Crippen molar-refractivity contribution in [1.82, 2.24) is 9.62 Å². The Hall–Kier alpha value is -2.83. The smallest absolute Gasteiger partial charge is 0.243 e. The molecule has 6 nitrogen and oxygen atoms in total. The van der Waals surface area contributed by atoms with E-state index < -0.39 is 33.0 Å². The van der Waals surface area contributed by atoms with Crippen molar-refractivity contribution in [1.29, 1.82) is 5.26 Å². The van der Waals surface area contributed by atoms with E-state index in [-0.39, 0.29) is 23.9 Å². The Kier molecular flexibility index (Phi) is 6.25. The third kappa shape index (κ3) is 4.63. The van der Waals surface area contributed by atoms with E-state index in [0.717, 1.165) is 6.26 Å². The van der Waals surface area contributed by atoms with Crippen LogP contribution in [0.1, 0.15) is 37.2 Å². The lowest BCUT2D eigenvalue weighted by atomic mass is 9.91. The van der Waals surface area contributed by atoms with E-state index in [1.807, 2.05) is 0 Å². The number of halogens is 2. The van der Waals surface area contributed by atoms with Gasteiger partial charge >= 0.3 is 0 Å². The predicted molar refractivity (Wildman–Crippen MR) is 119 cm³/mol. The number of amides is 1. The van der Waals surface area contributed by atoms with Crippen LogP contribution in [-0.4, -0.2) is 44.6 Å². The van der Waals surface area contributed by atoms with Gasteiger partial charge in [-0.25, -0.2) is 21.9 Å². The summed E-state index contributed by atoms with van der Waals surface area (Å²) in [7, 11) is -3.35. The number of carbonyl (C=O) groups excluding carboxylic acids is 1. The molecule has 9 heteroatoms. The molecular formula is C24H25F2N3O3S. The number of nitrogens with zero attached hydrogens (tertiary/aromatic N) is 2. The molecule has 1 saturated heterocycles. The molecule has 0 aromatic heterocycles. The minimum Gasteiger partial charge on any atom is -0.341 e. The number of hydrogen-bond donors (Lipinski definition) is 1. The SMILES string of the molecule is CS(=O)(=O)NC1CCCN(C(=O)C2(C#N)CC2c2ccccc2-c2c(F)cccc2F)CC1. The molecule has 0 spiro atoms. The summed E-state index contributed by atoms with van der Waals surface area (Å²) in [4.78, 5) is 15.1. The topological polar surface area (TPSA) is 90.3 Å². The fraction of sp³-hybridized carbons (Fsp3) is 0.417. The highest BCUT2D eigenvalue weighted by molar-refractivity contribution is 7.88. The number of sulfonamides is 1. The van der Waals surface area contributed by atoms with Crippen molar-refractivity contribution >= 4 is 15.9 Å². The van der Waals surface area contributed by atoms with Gasteiger partial charge in [0.25, 0.3) is 0 Å². The zero-order valence-corrected chi connectivity index (χ0v) is 19.0. The minimum atomic E-state index is -3.35. The maximum Gasteiger partial charge on any atom is 0.243 e. The second kappa shape index (κ2) is 8.84. The van der Waals surface area contributed by atoms with Crippen LogP contribution in [0.15, 0.2) is 42.5 Å². The summed E-state index contributed by atoms with van der Waals surface area (Å²) in [6, 6.07) is 12.3. The van der Waals surface area contributed by atoms with E-state index in [1.54, 1.807) is 29.2 Å². The molecule has 3 unspecified atom stereocenters.